The van der Waals surface area contributed by atoms with Crippen LogP contribution in [0.4, 0.5) is 4.39 Å². The van der Waals surface area contributed by atoms with Gasteiger partial charge in [0.25, 0.3) is 0 Å². The molecule has 0 aromatic heterocycles. The Balaban J connectivity index is 2.90. The molecule has 0 fully saturated rings. The number of rotatable bonds is 3. The van der Waals surface area contributed by atoms with Gasteiger partial charge in [-0.2, -0.15) is 0 Å². The van der Waals surface area contributed by atoms with Crippen LogP contribution in [-0.2, 0) is 12.7 Å². The molecule has 0 spiro atoms. The summed E-state index contributed by atoms with van der Waals surface area (Å²) in [5.41, 5.74) is 1.55. The third kappa shape index (κ3) is 2.34. The van der Waals surface area contributed by atoms with Gasteiger partial charge in [0, 0.05) is 6.61 Å². The van der Waals surface area contributed by atoms with Gasteiger partial charge >= 0.3 is 0 Å². The molecule has 1 aromatic carbocycles. The zero-order chi connectivity index (χ0) is 8.97. The second kappa shape index (κ2) is 4.26. The summed E-state index contributed by atoms with van der Waals surface area (Å²) < 4.78 is 12.8. The molecule has 2 radical (unpaired) electrons. The minimum absolute atomic E-state index is 0.0352. The Morgan fingerprint density at radius 3 is 2.50 bits per heavy atom. The van der Waals surface area contributed by atoms with E-state index in [1.54, 1.807) is 6.07 Å². The predicted octanol–water partition coefficient (Wildman–Crippen LogP) is 1.03. The minimum atomic E-state index is -0.290. The summed E-state index contributed by atoms with van der Waals surface area (Å²) >= 11 is 0. The lowest BCUT2D eigenvalue weighted by molar-refractivity contribution is 0.299. The molecule has 0 saturated heterocycles. The van der Waals surface area contributed by atoms with E-state index in [1.165, 1.54) is 12.1 Å². The van der Waals surface area contributed by atoms with Gasteiger partial charge in [-0.05, 0) is 24.1 Å². The summed E-state index contributed by atoms with van der Waals surface area (Å²) in [6.45, 7) is 0.0352. The Labute approximate surface area is 72.6 Å². The topological polar surface area (TPSA) is 20.2 Å². The lowest BCUT2D eigenvalue weighted by Gasteiger charge is -2.02. The van der Waals surface area contributed by atoms with Crippen molar-refractivity contribution in [3.05, 3.63) is 35.1 Å². The molecule has 1 N–H and O–H groups in total. The molecule has 3 heteroatoms. The molecule has 12 heavy (non-hydrogen) atoms. The number of hydrogen-bond acceptors (Lipinski definition) is 1. The van der Waals surface area contributed by atoms with E-state index in [0.29, 0.717) is 12.7 Å². The van der Waals surface area contributed by atoms with Crippen molar-refractivity contribution in [2.45, 2.75) is 12.7 Å². The first-order chi connectivity index (χ1) is 5.76. The van der Waals surface area contributed by atoms with Gasteiger partial charge in [-0.3, -0.25) is 0 Å². The molecule has 0 aliphatic rings. The maximum absolute atomic E-state index is 12.8. The van der Waals surface area contributed by atoms with Gasteiger partial charge in [-0.25, -0.2) is 4.39 Å². The van der Waals surface area contributed by atoms with Gasteiger partial charge in [0.05, 0.1) is 7.85 Å². The number of benzene rings is 1. The van der Waals surface area contributed by atoms with Gasteiger partial charge in [-0.15, -0.1) is 0 Å². The molecule has 0 heterocycles. The average Bonchev–Trinajstić information content (AvgIpc) is 2.04. The lowest BCUT2D eigenvalue weighted by Crippen LogP contribution is -1.94. The van der Waals surface area contributed by atoms with Crippen LogP contribution < -0.4 is 0 Å². The van der Waals surface area contributed by atoms with Crippen molar-refractivity contribution in [2.75, 3.05) is 6.61 Å². The van der Waals surface area contributed by atoms with E-state index in [9.17, 15) is 4.39 Å². The predicted molar refractivity (Wildman–Crippen MR) is 46.6 cm³/mol. The van der Waals surface area contributed by atoms with Gasteiger partial charge in [0.1, 0.15) is 5.82 Å². The zero-order valence-electron chi connectivity index (χ0n) is 6.76. The molecule has 0 saturated carbocycles. The fraction of sp³-hybridized carbons (Fsp3) is 0.333. The Morgan fingerprint density at radius 1 is 1.25 bits per heavy atom. The van der Waals surface area contributed by atoms with Gasteiger partial charge < -0.3 is 5.11 Å². The summed E-state index contributed by atoms with van der Waals surface area (Å²) in [7, 11) is 5.35. The zero-order valence-corrected chi connectivity index (χ0v) is 6.76. The Bertz CT molecular complexity index is 263. The van der Waals surface area contributed by atoms with Crippen molar-refractivity contribution in [3.63, 3.8) is 0 Å². The molecule has 1 aromatic rings. The Hall–Kier alpha value is -0.825. The number of halogens is 1. The SMILES string of the molecule is [B]Cc1cc(F)cc(CCO)c1. The maximum Gasteiger partial charge on any atom is 0.123 e. The molecule has 62 valence electrons. The van der Waals surface area contributed by atoms with Crippen LogP contribution >= 0.6 is 0 Å². The maximum atomic E-state index is 12.8. The van der Waals surface area contributed by atoms with Crippen molar-refractivity contribution >= 4 is 7.85 Å². The summed E-state index contributed by atoms with van der Waals surface area (Å²) in [5.74, 6) is -0.290. The van der Waals surface area contributed by atoms with E-state index >= 15 is 0 Å². The van der Waals surface area contributed by atoms with E-state index in [-0.39, 0.29) is 12.4 Å². The molecule has 0 atom stereocenters. The Kier molecular flexibility index (Phi) is 3.29. The molecule has 0 amide bonds. The highest BCUT2D eigenvalue weighted by Crippen LogP contribution is 2.09. The number of aliphatic hydroxyl groups is 1. The van der Waals surface area contributed by atoms with E-state index in [4.69, 9.17) is 13.0 Å². The summed E-state index contributed by atoms with van der Waals surface area (Å²) in [5, 5.41) is 8.62. The molecule has 1 nitrogen and oxygen atoms in total. The van der Waals surface area contributed by atoms with Crippen LogP contribution in [-0.4, -0.2) is 19.6 Å². The van der Waals surface area contributed by atoms with E-state index < -0.39 is 0 Å². The first kappa shape index (κ1) is 9.26. The van der Waals surface area contributed by atoms with Gasteiger partial charge in [0.15, 0.2) is 0 Å². The largest absolute Gasteiger partial charge is 0.396 e. The van der Waals surface area contributed by atoms with E-state index in [0.717, 1.165) is 11.1 Å². The second-order valence-corrected chi connectivity index (χ2v) is 2.65. The third-order valence-corrected chi connectivity index (χ3v) is 1.65. The van der Waals surface area contributed by atoms with Crippen molar-refractivity contribution in [2.24, 2.45) is 0 Å². The van der Waals surface area contributed by atoms with Crippen LogP contribution in [0.15, 0.2) is 18.2 Å². The van der Waals surface area contributed by atoms with E-state index in [1.807, 2.05) is 0 Å². The van der Waals surface area contributed by atoms with Crippen LogP contribution in [0, 0.1) is 5.82 Å². The molecular formula is C9H10BFO. The smallest absolute Gasteiger partial charge is 0.123 e. The quantitative estimate of drug-likeness (QED) is 0.661. The highest BCUT2D eigenvalue weighted by atomic mass is 19.1. The molecule has 0 aliphatic heterocycles. The van der Waals surface area contributed by atoms with Crippen LogP contribution in [0.25, 0.3) is 0 Å². The lowest BCUT2D eigenvalue weighted by atomic mass is 9.95. The second-order valence-electron chi connectivity index (χ2n) is 2.65. The molecule has 0 aliphatic carbocycles. The molecule has 0 unspecified atom stereocenters. The average molecular weight is 164 g/mol. The fourth-order valence-electron chi connectivity index (χ4n) is 1.11. The van der Waals surface area contributed by atoms with Crippen molar-refractivity contribution in [1.29, 1.82) is 0 Å². The number of hydrogen-bond donors (Lipinski definition) is 1. The van der Waals surface area contributed by atoms with Crippen LogP contribution in [0.1, 0.15) is 11.1 Å². The van der Waals surface area contributed by atoms with Crippen molar-refractivity contribution < 1.29 is 9.50 Å². The summed E-state index contributed by atoms with van der Waals surface area (Å²) in [4.78, 5) is 0. The van der Waals surface area contributed by atoms with Crippen LogP contribution in [0.2, 0.25) is 0 Å². The molecular weight excluding hydrogens is 154 g/mol. The normalized spacial score (nSPS) is 10.2. The fourth-order valence-corrected chi connectivity index (χ4v) is 1.11. The van der Waals surface area contributed by atoms with Crippen LogP contribution in [0.3, 0.4) is 0 Å². The summed E-state index contributed by atoms with van der Waals surface area (Å²) in [6, 6.07) is 4.62. The standard InChI is InChI=1S/C9H10BFO/c10-6-8-3-7(1-2-12)4-9(11)5-8/h3-5,12H,1-2,6H2. The van der Waals surface area contributed by atoms with Crippen molar-refractivity contribution in [1.82, 2.24) is 0 Å². The molecule has 1 rings (SSSR count). The Morgan fingerprint density at radius 2 is 1.92 bits per heavy atom. The number of aliphatic hydroxyl groups excluding tert-OH is 1. The first-order valence-electron chi connectivity index (χ1n) is 3.85. The monoisotopic (exact) mass is 164 g/mol. The third-order valence-electron chi connectivity index (χ3n) is 1.65. The van der Waals surface area contributed by atoms with Gasteiger partial charge in [-0.1, -0.05) is 17.9 Å². The van der Waals surface area contributed by atoms with E-state index in [2.05, 4.69) is 0 Å². The van der Waals surface area contributed by atoms with Crippen molar-refractivity contribution in [3.8, 4) is 0 Å². The minimum Gasteiger partial charge on any atom is -0.396 e. The van der Waals surface area contributed by atoms with Gasteiger partial charge in [0.2, 0.25) is 0 Å². The first-order valence-corrected chi connectivity index (χ1v) is 3.85. The molecule has 0 bridgehead atoms. The highest BCUT2D eigenvalue weighted by molar-refractivity contribution is 6.08. The summed E-state index contributed by atoms with van der Waals surface area (Å²) in [6.07, 6.45) is 0.806. The van der Waals surface area contributed by atoms with Crippen LogP contribution in [0.5, 0.6) is 0 Å². The highest BCUT2D eigenvalue weighted by Gasteiger charge is 1.98.